The number of rotatable bonds is 10. The van der Waals surface area contributed by atoms with Crippen LogP contribution in [0.25, 0.3) is 6.08 Å². The second kappa shape index (κ2) is 24.5. The SMILES string of the molecule is CCC1/C=C(\C)CC(C)CC(OC)C2OC(O)(C(=O)C(=O)N3CCCCC3C(=O)OC(C(C)=CC3CCC(O)(CC=CC=Cc4ccccc4)C(OC)C3)C(C)CCC1=O)C(C)CC2OC. The van der Waals surface area contributed by atoms with Crippen molar-refractivity contribution in [2.45, 2.75) is 173 Å². The highest BCUT2D eigenvalue weighted by atomic mass is 16.7. The molecule has 66 heavy (non-hydrogen) atoms. The number of cyclic esters (lactones) is 1. The molecule has 1 amide bonds. The number of hydrogen-bond donors (Lipinski definition) is 2. The summed E-state index contributed by atoms with van der Waals surface area (Å²) in [4.78, 5) is 58.4. The fourth-order valence-electron chi connectivity index (χ4n) is 10.8. The number of Topliss-reactive ketones (excluding diaryl/α,β-unsaturated/α-hetero) is 2. The first-order valence-corrected chi connectivity index (χ1v) is 24.5. The van der Waals surface area contributed by atoms with E-state index in [1.165, 1.54) is 4.90 Å². The molecule has 2 N–H and O–H groups in total. The zero-order chi connectivity index (χ0) is 48.2. The predicted octanol–water partition coefficient (Wildman–Crippen LogP) is 8.53. The number of piperidine rings is 1. The summed E-state index contributed by atoms with van der Waals surface area (Å²) in [5.41, 5.74) is 1.92. The molecular formula is C54H79NO11. The first kappa shape index (κ1) is 53.2. The van der Waals surface area contributed by atoms with Crippen LogP contribution in [0.5, 0.6) is 0 Å². The number of hydrogen-bond acceptors (Lipinski definition) is 11. The molecular weight excluding hydrogens is 839 g/mol. The van der Waals surface area contributed by atoms with E-state index in [0.717, 1.165) is 16.7 Å². The third-order valence-electron chi connectivity index (χ3n) is 14.8. The molecule has 0 spiro atoms. The molecule has 2 saturated heterocycles. The molecule has 2 bridgehead atoms. The molecule has 1 aromatic rings. The van der Waals surface area contributed by atoms with Gasteiger partial charge in [0.25, 0.3) is 11.7 Å². The fourth-order valence-corrected chi connectivity index (χ4v) is 10.8. The van der Waals surface area contributed by atoms with Gasteiger partial charge in [-0.25, -0.2) is 4.79 Å². The average Bonchev–Trinajstić information content (AvgIpc) is 3.31. The maximum Gasteiger partial charge on any atom is 0.329 e. The number of amides is 1. The van der Waals surface area contributed by atoms with Crippen molar-refractivity contribution < 1.29 is 53.1 Å². The first-order valence-electron chi connectivity index (χ1n) is 24.5. The van der Waals surface area contributed by atoms with E-state index in [9.17, 15) is 29.4 Å². The highest BCUT2D eigenvalue weighted by Gasteiger charge is 2.56. The van der Waals surface area contributed by atoms with Crippen molar-refractivity contribution in [1.82, 2.24) is 4.90 Å². The Balaban J connectivity index is 1.43. The number of esters is 1. The van der Waals surface area contributed by atoms with E-state index in [1.807, 2.05) is 82.3 Å². The maximum atomic E-state index is 14.5. The molecule has 3 aliphatic heterocycles. The van der Waals surface area contributed by atoms with Gasteiger partial charge in [0.2, 0.25) is 5.79 Å². The number of fused-ring (bicyclic) bond motifs is 3. The quantitative estimate of drug-likeness (QED) is 0.100. The highest BCUT2D eigenvalue weighted by molar-refractivity contribution is 6.39. The van der Waals surface area contributed by atoms with Gasteiger partial charge in [0.15, 0.2) is 0 Å². The molecule has 13 atom stereocenters. The smallest absolute Gasteiger partial charge is 0.329 e. The number of aliphatic hydroxyl groups is 2. The molecule has 5 rings (SSSR count). The molecule has 0 radical (unpaired) electrons. The number of carbonyl (C=O) groups excluding carboxylic acids is 4. The van der Waals surface area contributed by atoms with Crippen molar-refractivity contribution in [3.05, 3.63) is 77.4 Å². The van der Waals surface area contributed by atoms with E-state index in [4.69, 9.17) is 23.7 Å². The molecule has 12 nitrogen and oxygen atoms in total. The summed E-state index contributed by atoms with van der Waals surface area (Å²) in [6.07, 6.45) is 15.4. The van der Waals surface area contributed by atoms with Gasteiger partial charge < -0.3 is 38.8 Å². The van der Waals surface area contributed by atoms with Gasteiger partial charge >= 0.3 is 5.97 Å². The Labute approximate surface area is 394 Å². The average molecular weight is 918 g/mol. The fraction of sp³-hybridized carbons (Fsp3) is 0.667. The number of allylic oxidation sites excluding steroid dienone is 5. The van der Waals surface area contributed by atoms with Crippen molar-refractivity contribution in [3.63, 3.8) is 0 Å². The third kappa shape index (κ3) is 13.3. The lowest BCUT2D eigenvalue weighted by Gasteiger charge is -2.47. The van der Waals surface area contributed by atoms with Gasteiger partial charge in [-0.2, -0.15) is 0 Å². The predicted molar refractivity (Wildman–Crippen MR) is 255 cm³/mol. The molecule has 13 unspecified atom stereocenters. The van der Waals surface area contributed by atoms with Crippen LogP contribution in [0.15, 0.2) is 71.9 Å². The number of carbonyl (C=O) groups is 4. The van der Waals surface area contributed by atoms with E-state index in [0.29, 0.717) is 70.6 Å². The van der Waals surface area contributed by atoms with Gasteiger partial charge in [-0.1, -0.05) is 100 Å². The van der Waals surface area contributed by atoms with E-state index in [1.54, 1.807) is 28.3 Å². The van der Waals surface area contributed by atoms with Gasteiger partial charge in [-0.3, -0.25) is 14.4 Å². The van der Waals surface area contributed by atoms with Crippen LogP contribution >= 0.6 is 0 Å². The molecule has 1 aliphatic carbocycles. The normalized spacial score (nSPS) is 37.3. The van der Waals surface area contributed by atoms with Crippen LogP contribution in [-0.2, 0) is 42.9 Å². The Hall–Kier alpha value is -3.78. The summed E-state index contributed by atoms with van der Waals surface area (Å²) in [6, 6.07) is 8.96. The summed E-state index contributed by atoms with van der Waals surface area (Å²) in [7, 11) is 4.73. The lowest BCUT2D eigenvalue weighted by Crippen LogP contribution is -2.64. The number of ether oxygens (including phenoxy) is 5. The van der Waals surface area contributed by atoms with Crippen LogP contribution < -0.4 is 0 Å². The summed E-state index contributed by atoms with van der Waals surface area (Å²) in [5.74, 6) is -6.39. The lowest BCUT2D eigenvalue weighted by atomic mass is 9.74. The van der Waals surface area contributed by atoms with Gasteiger partial charge in [-0.15, -0.1) is 0 Å². The number of nitrogens with zero attached hydrogens (tertiary/aromatic N) is 1. The minimum Gasteiger partial charge on any atom is -0.456 e. The number of methoxy groups -OCH3 is 3. The summed E-state index contributed by atoms with van der Waals surface area (Å²) < 4.78 is 30.5. The minimum atomic E-state index is -2.48. The number of benzene rings is 1. The largest absolute Gasteiger partial charge is 0.456 e. The summed E-state index contributed by atoms with van der Waals surface area (Å²) in [6.45, 7) is 11.9. The Kier molecular flexibility index (Phi) is 19.7. The topological polar surface area (TPSA) is 158 Å². The van der Waals surface area contributed by atoms with Crippen molar-refractivity contribution >= 4 is 29.5 Å². The summed E-state index contributed by atoms with van der Waals surface area (Å²) in [5, 5.41) is 23.9. The van der Waals surface area contributed by atoms with Crippen molar-refractivity contribution in [1.29, 1.82) is 0 Å². The van der Waals surface area contributed by atoms with Crippen molar-refractivity contribution in [3.8, 4) is 0 Å². The zero-order valence-electron chi connectivity index (χ0n) is 41.1. The van der Waals surface area contributed by atoms with Crippen LogP contribution in [0.4, 0.5) is 0 Å². The summed E-state index contributed by atoms with van der Waals surface area (Å²) >= 11 is 0. The maximum absolute atomic E-state index is 14.5. The number of ketones is 2. The van der Waals surface area contributed by atoms with Crippen LogP contribution in [0, 0.1) is 29.6 Å². The van der Waals surface area contributed by atoms with Crippen molar-refractivity contribution in [2.24, 2.45) is 29.6 Å². The molecule has 1 aromatic carbocycles. The van der Waals surface area contributed by atoms with E-state index in [-0.39, 0.29) is 48.8 Å². The Morgan fingerprint density at radius 2 is 1.62 bits per heavy atom. The van der Waals surface area contributed by atoms with Gasteiger partial charge in [0.1, 0.15) is 24.0 Å². The molecule has 3 fully saturated rings. The van der Waals surface area contributed by atoms with E-state index < -0.39 is 71.5 Å². The first-order chi connectivity index (χ1) is 31.5. The molecule has 4 aliphatic rings. The zero-order valence-corrected chi connectivity index (χ0v) is 41.1. The Morgan fingerprint density at radius 3 is 2.30 bits per heavy atom. The van der Waals surface area contributed by atoms with Gasteiger partial charge in [-0.05, 0) is 120 Å². The standard InChI is InChI=1S/C54H79NO11/c1-10-42-30-35(2)29-36(3)31-45(62-7)49-46(63-8)33-39(6)54(61,66-49)50(57)51(58)55-28-18-16-22-43(55)52(59)65-48(37(4)23-24-44(42)56)38(5)32-41-25-27-53(60,47(34-41)64-9)26-17-12-15-21-40-19-13-11-14-20-40/h11-15,17,19-21,30,32,36-37,39,41-43,45-49,60-61H,10,16,18,22-29,31,33-34H2,1-9H3/b17-12?,21-15?,35-30+,38-32?. The van der Waals surface area contributed by atoms with Crippen LogP contribution in [-0.4, -0.2) is 114 Å². The lowest BCUT2D eigenvalue weighted by molar-refractivity contribution is -0.302. The highest BCUT2D eigenvalue weighted by Crippen LogP contribution is 2.41. The molecule has 0 aromatic heterocycles. The van der Waals surface area contributed by atoms with E-state index in [2.05, 4.69) is 19.1 Å². The second-order valence-corrected chi connectivity index (χ2v) is 19.9. The monoisotopic (exact) mass is 918 g/mol. The Morgan fingerprint density at radius 1 is 0.909 bits per heavy atom. The van der Waals surface area contributed by atoms with E-state index >= 15 is 0 Å². The third-order valence-corrected chi connectivity index (χ3v) is 14.8. The van der Waals surface area contributed by atoms with Crippen LogP contribution in [0.3, 0.4) is 0 Å². The minimum absolute atomic E-state index is 0.0117. The van der Waals surface area contributed by atoms with Crippen molar-refractivity contribution in [2.75, 3.05) is 27.9 Å². The second-order valence-electron chi connectivity index (χ2n) is 19.9. The molecule has 366 valence electrons. The van der Waals surface area contributed by atoms with Crippen LogP contribution in [0.2, 0.25) is 0 Å². The molecule has 3 heterocycles. The van der Waals surface area contributed by atoms with Crippen LogP contribution in [0.1, 0.15) is 131 Å². The molecule has 1 saturated carbocycles. The Bertz CT molecular complexity index is 1910. The van der Waals surface area contributed by atoms with Gasteiger partial charge in [0.05, 0.1) is 23.9 Å². The molecule has 12 heteroatoms. The van der Waals surface area contributed by atoms with Gasteiger partial charge in [0, 0.05) is 46.1 Å².